The van der Waals surface area contributed by atoms with Crippen molar-refractivity contribution in [1.29, 1.82) is 0 Å². The van der Waals surface area contributed by atoms with Gasteiger partial charge in [-0.1, -0.05) is 13.3 Å². The van der Waals surface area contributed by atoms with Gasteiger partial charge in [0.2, 0.25) is 0 Å². The van der Waals surface area contributed by atoms with E-state index in [4.69, 9.17) is 4.74 Å². The number of ether oxygens (including phenoxy) is 1. The fourth-order valence-electron chi connectivity index (χ4n) is 2.29. The first-order valence-electron chi connectivity index (χ1n) is 6.99. The van der Waals surface area contributed by atoms with Crippen molar-refractivity contribution in [2.45, 2.75) is 58.6 Å². The second kappa shape index (κ2) is 6.69. The van der Waals surface area contributed by atoms with Crippen LogP contribution in [0.3, 0.4) is 0 Å². The van der Waals surface area contributed by atoms with Gasteiger partial charge in [-0.2, -0.15) is 0 Å². The van der Waals surface area contributed by atoms with Crippen molar-refractivity contribution in [2.75, 3.05) is 6.54 Å². The molecule has 0 bridgehead atoms. The number of aromatic nitrogens is 2. The van der Waals surface area contributed by atoms with Crippen molar-refractivity contribution in [3.63, 3.8) is 0 Å². The van der Waals surface area contributed by atoms with Crippen LogP contribution < -0.4 is 10.1 Å². The maximum Gasteiger partial charge on any atom is 0.316 e. The molecule has 0 aromatic carbocycles. The first kappa shape index (κ1) is 13.3. The summed E-state index contributed by atoms with van der Waals surface area (Å²) in [6.07, 6.45) is 8.34. The standard InChI is InChI=1S/C14H23N3O/c1-3-15-9-12-10-16-14(17-11(12)2)18-13-7-5-4-6-8-13/h10,13,15H,3-9H2,1-2H3. The molecule has 0 aliphatic heterocycles. The highest BCUT2D eigenvalue weighted by Crippen LogP contribution is 2.21. The lowest BCUT2D eigenvalue weighted by atomic mass is 9.98. The van der Waals surface area contributed by atoms with Crippen LogP contribution >= 0.6 is 0 Å². The maximum absolute atomic E-state index is 5.85. The van der Waals surface area contributed by atoms with Gasteiger partial charge in [-0.3, -0.25) is 0 Å². The average molecular weight is 249 g/mol. The third-order valence-corrected chi connectivity index (χ3v) is 3.45. The van der Waals surface area contributed by atoms with E-state index in [1.807, 2.05) is 13.1 Å². The van der Waals surface area contributed by atoms with Crippen molar-refractivity contribution < 1.29 is 4.74 Å². The van der Waals surface area contributed by atoms with Crippen LogP contribution in [0.5, 0.6) is 6.01 Å². The van der Waals surface area contributed by atoms with E-state index in [9.17, 15) is 0 Å². The van der Waals surface area contributed by atoms with Gasteiger partial charge in [0.05, 0.1) is 0 Å². The molecule has 0 spiro atoms. The van der Waals surface area contributed by atoms with Crippen LogP contribution in [-0.2, 0) is 6.54 Å². The highest BCUT2D eigenvalue weighted by molar-refractivity contribution is 5.17. The minimum absolute atomic E-state index is 0.317. The summed E-state index contributed by atoms with van der Waals surface area (Å²) in [5, 5.41) is 3.29. The molecular weight excluding hydrogens is 226 g/mol. The largest absolute Gasteiger partial charge is 0.460 e. The molecular formula is C14H23N3O. The summed E-state index contributed by atoms with van der Waals surface area (Å²) < 4.78 is 5.85. The smallest absolute Gasteiger partial charge is 0.316 e. The Morgan fingerprint density at radius 1 is 1.33 bits per heavy atom. The molecule has 4 heteroatoms. The molecule has 1 aromatic rings. The van der Waals surface area contributed by atoms with E-state index >= 15 is 0 Å². The van der Waals surface area contributed by atoms with E-state index in [2.05, 4.69) is 22.2 Å². The molecule has 1 aliphatic rings. The zero-order chi connectivity index (χ0) is 12.8. The van der Waals surface area contributed by atoms with Gasteiger partial charge in [-0.05, 0) is 39.2 Å². The Labute approximate surface area is 109 Å². The number of hydrogen-bond donors (Lipinski definition) is 1. The first-order chi connectivity index (χ1) is 8.79. The van der Waals surface area contributed by atoms with Crippen LogP contribution in [0, 0.1) is 6.92 Å². The van der Waals surface area contributed by atoms with E-state index in [1.54, 1.807) is 0 Å². The summed E-state index contributed by atoms with van der Waals surface area (Å²) in [4.78, 5) is 8.76. The number of rotatable bonds is 5. The number of aryl methyl sites for hydroxylation is 1. The second-order valence-corrected chi connectivity index (χ2v) is 4.92. The lowest BCUT2D eigenvalue weighted by molar-refractivity contribution is 0.141. The Morgan fingerprint density at radius 3 is 2.78 bits per heavy atom. The lowest BCUT2D eigenvalue weighted by Crippen LogP contribution is -2.21. The Kier molecular flexibility index (Phi) is 4.93. The molecule has 1 saturated carbocycles. The van der Waals surface area contributed by atoms with Gasteiger partial charge in [0, 0.05) is 24.0 Å². The van der Waals surface area contributed by atoms with Gasteiger partial charge in [-0.15, -0.1) is 0 Å². The second-order valence-electron chi connectivity index (χ2n) is 4.92. The van der Waals surface area contributed by atoms with Crippen LogP contribution in [0.1, 0.15) is 50.3 Å². The molecule has 2 rings (SSSR count). The Hall–Kier alpha value is -1.16. The molecule has 0 radical (unpaired) electrons. The van der Waals surface area contributed by atoms with Gasteiger partial charge in [-0.25, -0.2) is 9.97 Å². The first-order valence-corrected chi connectivity index (χ1v) is 6.99. The predicted molar refractivity (Wildman–Crippen MR) is 71.7 cm³/mol. The van der Waals surface area contributed by atoms with Gasteiger partial charge in [0.1, 0.15) is 6.10 Å². The van der Waals surface area contributed by atoms with Crippen molar-refractivity contribution in [2.24, 2.45) is 0 Å². The maximum atomic E-state index is 5.85. The molecule has 1 N–H and O–H groups in total. The van der Waals surface area contributed by atoms with Gasteiger partial charge in [0.15, 0.2) is 0 Å². The average Bonchev–Trinajstić information content (AvgIpc) is 2.39. The normalized spacial score (nSPS) is 16.8. The van der Waals surface area contributed by atoms with Crippen LogP contribution in [0.15, 0.2) is 6.20 Å². The molecule has 0 unspecified atom stereocenters. The van der Waals surface area contributed by atoms with Crippen LogP contribution in [0.2, 0.25) is 0 Å². The van der Waals surface area contributed by atoms with E-state index < -0.39 is 0 Å². The molecule has 1 fully saturated rings. The molecule has 1 aliphatic carbocycles. The van der Waals surface area contributed by atoms with Crippen LogP contribution in [0.25, 0.3) is 0 Å². The van der Waals surface area contributed by atoms with E-state index in [1.165, 1.54) is 19.3 Å². The zero-order valence-corrected chi connectivity index (χ0v) is 11.4. The van der Waals surface area contributed by atoms with Crippen LogP contribution in [0.4, 0.5) is 0 Å². The Balaban J connectivity index is 1.94. The molecule has 0 amide bonds. The van der Waals surface area contributed by atoms with Gasteiger partial charge in [0.25, 0.3) is 0 Å². The third kappa shape index (κ3) is 3.67. The highest BCUT2D eigenvalue weighted by atomic mass is 16.5. The van der Waals surface area contributed by atoms with E-state index in [0.29, 0.717) is 12.1 Å². The summed E-state index contributed by atoms with van der Waals surface area (Å²) >= 11 is 0. The highest BCUT2D eigenvalue weighted by Gasteiger charge is 2.16. The SMILES string of the molecule is CCNCc1cnc(OC2CCCCC2)nc1C. The molecule has 100 valence electrons. The van der Waals surface area contributed by atoms with Crippen LogP contribution in [-0.4, -0.2) is 22.6 Å². The molecule has 0 saturated heterocycles. The fraction of sp³-hybridized carbons (Fsp3) is 0.714. The third-order valence-electron chi connectivity index (χ3n) is 3.45. The van der Waals surface area contributed by atoms with Crippen molar-refractivity contribution in [3.05, 3.63) is 17.5 Å². The molecule has 1 heterocycles. The topological polar surface area (TPSA) is 47.0 Å². The predicted octanol–water partition coefficient (Wildman–Crippen LogP) is 2.61. The van der Waals surface area contributed by atoms with E-state index in [0.717, 1.165) is 37.2 Å². The van der Waals surface area contributed by atoms with Crippen molar-refractivity contribution >= 4 is 0 Å². The Morgan fingerprint density at radius 2 is 2.11 bits per heavy atom. The number of nitrogens with one attached hydrogen (secondary N) is 1. The molecule has 18 heavy (non-hydrogen) atoms. The summed E-state index contributed by atoms with van der Waals surface area (Å²) in [5.41, 5.74) is 2.16. The molecule has 4 nitrogen and oxygen atoms in total. The number of nitrogens with zero attached hydrogens (tertiary/aromatic N) is 2. The van der Waals surface area contributed by atoms with Crippen molar-refractivity contribution in [3.8, 4) is 6.01 Å². The summed E-state index contributed by atoms with van der Waals surface area (Å²) in [7, 11) is 0. The zero-order valence-electron chi connectivity index (χ0n) is 11.4. The summed E-state index contributed by atoms with van der Waals surface area (Å²) in [6, 6.07) is 0.541. The minimum Gasteiger partial charge on any atom is -0.460 e. The number of hydrogen-bond acceptors (Lipinski definition) is 4. The van der Waals surface area contributed by atoms with E-state index in [-0.39, 0.29) is 0 Å². The minimum atomic E-state index is 0.317. The quantitative estimate of drug-likeness (QED) is 0.871. The molecule has 0 atom stereocenters. The Bertz CT molecular complexity index is 375. The summed E-state index contributed by atoms with van der Waals surface area (Å²) in [5.74, 6) is 0. The summed E-state index contributed by atoms with van der Waals surface area (Å²) in [6.45, 7) is 5.89. The van der Waals surface area contributed by atoms with Crippen molar-refractivity contribution in [1.82, 2.24) is 15.3 Å². The van der Waals surface area contributed by atoms with Gasteiger partial charge >= 0.3 is 6.01 Å². The monoisotopic (exact) mass is 249 g/mol. The molecule has 1 aromatic heterocycles. The lowest BCUT2D eigenvalue weighted by Gasteiger charge is -2.21. The fourth-order valence-corrected chi connectivity index (χ4v) is 2.29. The van der Waals surface area contributed by atoms with Gasteiger partial charge < -0.3 is 10.1 Å².